The highest BCUT2D eigenvalue weighted by Crippen LogP contribution is 2.36. The fraction of sp³-hybridized carbons (Fsp3) is 0.140. The Hall–Kier alpha value is -7.03. The summed E-state index contributed by atoms with van der Waals surface area (Å²) in [6.45, 7) is 4.19. The van der Waals surface area contributed by atoms with Crippen LogP contribution in [0.5, 0.6) is 0 Å². The second-order valence-corrected chi connectivity index (χ2v) is 16.7. The molecule has 0 aliphatic heterocycles. The quantitative estimate of drug-likeness (QED) is 0.0672. The molecule has 0 aliphatic rings. The van der Waals surface area contributed by atoms with Crippen molar-refractivity contribution in [3.63, 3.8) is 0 Å². The molecule has 0 bridgehead atoms. The second kappa shape index (κ2) is 23.3. The number of carbonyl (C=O) groups is 3. The summed E-state index contributed by atoms with van der Waals surface area (Å²) < 4.78 is 0. The van der Waals surface area contributed by atoms with Crippen molar-refractivity contribution in [1.29, 1.82) is 10.5 Å². The van der Waals surface area contributed by atoms with Crippen molar-refractivity contribution in [2.45, 2.75) is 36.7 Å². The number of thiophene rings is 1. The second-order valence-electron chi connectivity index (χ2n) is 13.9. The predicted molar refractivity (Wildman–Crippen MR) is 256 cm³/mol. The number of rotatable bonds is 15. The van der Waals surface area contributed by atoms with Crippen LogP contribution in [-0.4, -0.2) is 45.7 Å². The van der Waals surface area contributed by atoms with Gasteiger partial charge in [-0.3, -0.25) is 14.4 Å². The number of thioether (sulfide) groups is 2. The molecule has 3 heterocycles. The summed E-state index contributed by atoms with van der Waals surface area (Å²) in [7, 11) is 0. The van der Waals surface area contributed by atoms with Crippen LogP contribution in [-0.2, 0) is 14.4 Å². The van der Waals surface area contributed by atoms with Gasteiger partial charge < -0.3 is 16.0 Å². The average molecular weight is 886 g/mol. The summed E-state index contributed by atoms with van der Waals surface area (Å²) in [5, 5.41) is 31.3. The zero-order valence-corrected chi connectivity index (χ0v) is 37.1. The van der Waals surface area contributed by atoms with Crippen LogP contribution in [0.2, 0.25) is 0 Å². The van der Waals surface area contributed by atoms with Crippen LogP contribution in [0.1, 0.15) is 37.8 Å². The Morgan fingerprint density at radius 1 is 0.619 bits per heavy atom. The third kappa shape index (κ3) is 13.0. The Balaban J connectivity index is 0.000000213. The first kappa shape index (κ1) is 45.5. The van der Waals surface area contributed by atoms with E-state index in [1.165, 1.54) is 30.4 Å². The minimum Gasteiger partial charge on any atom is -0.355 e. The summed E-state index contributed by atoms with van der Waals surface area (Å²) in [5.74, 6) is -0.153. The summed E-state index contributed by atoms with van der Waals surface area (Å²) in [4.78, 5) is 46.5. The van der Waals surface area contributed by atoms with Gasteiger partial charge in [0.2, 0.25) is 17.7 Å². The lowest BCUT2D eigenvalue weighted by atomic mass is 9.99. The first-order chi connectivity index (χ1) is 30.8. The molecular formula is C50H43N7O3S3. The SMILES string of the molecule is CC(=O)Nc1cccc(NC(=O)CSc2nc(-c3cccs3)cc(-c3ccccc3)c2C#N)c1.CCCCNC(=O)CSc1nc(-c2ccccc2)cc(-c2ccccc2)c1C#N. The number of hydrogen-bond acceptors (Lipinski definition) is 10. The van der Waals surface area contributed by atoms with Gasteiger partial charge in [0.15, 0.2) is 0 Å². The number of unbranched alkanes of at least 4 members (excludes halogenated alkanes) is 1. The van der Waals surface area contributed by atoms with E-state index >= 15 is 0 Å². The largest absolute Gasteiger partial charge is 0.355 e. The molecule has 314 valence electrons. The van der Waals surface area contributed by atoms with Crippen molar-refractivity contribution in [1.82, 2.24) is 15.3 Å². The van der Waals surface area contributed by atoms with Crippen LogP contribution in [0, 0.1) is 22.7 Å². The lowest BCUT2D eigenvalue weighted by Crippen LogP contribution is -2.26. The van der Waals surface area contributed by atoms with Gasteiger partial charge in [0, 0.05) is 41.5 Å². The molecule has 3 N–H and O–H groups in total. The molecule has 0 fully saturated rings. The van der Waals surface area contributed by atoms with Gasteiger partial charge in [0.1, 0.15) is 22.2 Å². The predicted octanol–water partition coefficient (Wildman–Crippen LogP) is 11.3. The van der Waals surface area contributed by atoms with Crippen molar-refractivity contribution >= 4 is 64.0 Å². The Kier molecular flexibility index (Phi) is 16.8. The number of nitrogens with zero attached hydrogens (tertiary/aromatic N) is 4. The molecule has 0 spiro atoms. The number of nitrogens with one attached hydrogen (secondary N) is 3. The van der Waals surface area contributed by atoms with Crippen LogP contribution in [0.25, 0.3) is 44.1 Å². The van der Waals surface area contributed by atoms with Gasteiger partial charge in [0.25, 0.3) is 0 Å². The van der Waals surface area contributed by atoms with Gasteiger partial charge in [-0.05, 0) is 59.3 Å². The Morgan fingerprint density at radius 2 is 1.14 bits per heavy atom. The molecule has 13 heteroatoms. The normalized spacial score (nSPS) is 10.3. The van der Waals surface area contributed by atoms with Crippen LogP contribution in [0.3, 0.4) is 0 Å². The number of nitriles is 2. The smallest absolute Gasteiger partial charge is 0.234 e. The minimum absolute atomic E-state index is 0.0412. The van der Waals surface area contributed by atoms with E-state index in [1.807, 2.05) is 121 Å². The summed E-state index contributed by atoms with van der Waals surface area (Å²) in [5.41, 5.74) is 8.13. The minimum atomic E-state index is -0.238. The number of carbonyl (C=O) groups excluding carboxylic acids is 3. The highest BCUT2D eigenvalue weighted by molar-refractivity contribution is 8.00. The number of anilines is 2. The van der Waals surface area contributed by atoms with Crippen LogP contribution in [0.4, 0.5) is 11.4 Å². The van der Waals surface area contributed by atoms with Gasteiger partial charge in [-0.1, -0.05) is 140 Å². The highest BCUT2D eigenvalue weighted by atomic mass is 32.2. The molecule has 3 amide bonds. The molecular weight excluding hydrogens is 843 g/mol. The van der Waals surface area contributed by atoms with Crippen molar-refractivity contribution in [2.75, 3.05) is 28.7 Å². The molecule has 0 atom stereocenters. The van der Waals surface area contributed by atoms with Crippen molar-refractivity contribution < 1.29 is 14.4 Å². The van der Waals surface area contributed by atoms with E-state index < -0.39 is 0 Å². The highest BCUT2D eigenvalue weighted by Gasteiger charge is 2.19. The number of amides is 3. The van der Waals surface area contributed by atoms with Gasteiger partial charge in [-0.25, -0.2) is 9.97 Å². The molecule has 3 aromatic heterocycles. The van der Waals surface area contributed by atoms with E-state index in [-0.39, 0.29) is 29.2 Å². The lowest BCUT2D eigenvalue weighted by Gasteiger charge is -2.12. The molecule has 0 aliphatic carbocycles. The molecule has 0 radical (unpaired) electrons. The Bertz CT molecular complexity index is 2740. The fourth-order valence-electron chi connectivity index (χ4n) is 6.26. The van der Waals surface area contributed by atoms with E-state index in [0.717, 1.165) is 56.9 Å². The van der Waals surface area contributed by atoms with E-state index in [9.17, 15) is 24.9 Å². The number of aromatic nitrogens is 2. The molecule has 4 aromatic carbocycles. The average Bonchev–Trinajstić information content (AvgIpc) is 3.86. The Labute approximate surface area is 379 Å². The maximum atomic E-state index is 12.7. The molecule has 10 nitrogen and oxygen atoms in total. The van der Waals surface area contributed by atoms with Crippen molar-refractivity contribution in [3.8, 4) is 56.2 Å². The van der Waals surface area contributed by atoms with Gasteiger partial charge >= 0.3 is 0 Å². The molecule has 63 heavy (non-hydrogen) atoms. The number of pyridine rings is 2. The van der Waals surface area contributed by atoms with E-state index in [2.05, 4.69) is 35.0 Å². The molecule has 7 rings (SSSR count). The number of hydrogen-bond donors (Lipinski definition) is 3. The third-order valence-electron chi connectivity index (χ3n) is 9.21. The van der Waals surface area contributed by atoms with Gasteiger partial charge in [0.05, 0.1) is 38.9 Å². The standard InChI is InChI=1S/C26H20N4O2S2.C24H23N3OS/c1-17(31)28-19-9-5-10-20(13-19)29-25(32)16-34-26-22(15-27)21(18-7-3-2-4-8-18)14-23(30-26)24-11-6-12-33-24;1-2-3-14-26-23(28)17-29-24-21(16-25)20(18-10-6-4-7-11-18)15-22(27-24)19-12-8-5-9-13-19/h2-14H,16H2,1H3,(H,28,31)(H,29,32);4-13,15H,2-3,14,17H2,1H3,(H,26,28). The van der Waals surface area contributed by atoms with E-state index in [4.69, 9.17) is 9.97 Å². The van der Waals surface area contributed by atoms with Crippen LogP contribution < -0.4 is 16.0 Å². The fourth-order valence-corrected chi connectivity index (χ4v) is 8.59. The number of benzene rings is 4. The molecule has 7 aromatic rings. The van der Waals surface area contributed by atoms with Crippen LogP contribution in [0.15, 0.2) is 155 Å². The summed E-state index contributed by atoms with van der Waals surface area (Å²) >= 11 is 4.10. The molecule has 0 saturated carbocycles. The molecule has 0 saturated heterocycles. The topological polar surface area (TPSA) is 161 Å². The van der Waals surface area contributed by atoms with Crippen molar-refractivity contribution in [3.05, 3.63) is 156 Å². The summed E-state index contributed by atoms with van der Waals surface area (Å²) in [6.07, 6.45) is 1.99. The first-order valence-electron chi connectivity index (χ1n) is 20.1. The van der Waals surface area contributed by atoms with Gasteiger partial charge in [-0.15, -0.1) is 11.3 Å². The Morgan fingerprint density at radius 3 is 1.67 bits per heavy atom. The van der Waals surface area contributed by atoms with E-state index in [0.29, 0.717) is 39.1 Å². The maximum absolute atomic E-state index is 12.7. The van der Waals surface area contributed by atoms with Crippen molar-refractivity contribution in [2.24, 2.45) is 0 Å². The zero-order chi connectivity index (χ0) is 44.4. The zero-order valence-electron chi connectivity index (χ0n) is 34.6. The van der Waals surface area contributed by atoms with Crippen LogP contribution >= 0.6 is 34.9 Å². The lowest BCUT2D eigenvalue weighted by molar-refractivity contribution is -0.118. The molecule has 0 unspecified atom stereocenters. The maximum Gasteiger partial charge on any atom is 0.234 e. The first-order valence-corrected chi connectivity index (χ1v) is 22.9. The monoisotopic (exact) mass is 885 g/mol. The summed E-state index contributed by atoms with van der Waals surface area (Å²) in [6, 6.07) is 48.7. The third-order valence-corrected chi connectivity index (χ3v) is 12.1. The van der Waals surface area contributed by atoms with E-state index in [1.54, 1.807) is 35.6 Å². The van der Waals surface area contributed by atoms with Gasteiger partial charge in [-0.2, -0.15) is 10.5 Å².